The number of thioether (sulfide) groups is 2. The first kappa shape index (κ1) is 23.7. The molecular weight excluding hydrogens is 470 g/mol. The van der Waals surface area contributed by atoms with Crippen molar-refractivity contribution in [2.45, 2.75) is 36.5 Å². The molecule has 33 heavy (non-hydrogen) atoms. The molecule has 2 fully saturated rings. The highest BCUT2D eigenvalue weighted by Crippen LogP contribution is 2.55. The number of ketones is 1. The average molecular weight is 494 g/mol. The third-order valence-electron chi connectivity index (χ3n) is 5.86. The maximum absolute atomic E-state index is 12.6. The second kappa shape index (κ2) is 9.45. The topological polar surface area (TPSA) is 141 Å². The Labute approximate surface area is 198 Å². The van der Waals surface area contributed by atoms with Gasteiger partial charge in [-0.25, -0.2) is 4.79 Å². The number of carboxylic acid groups (broad SMARTS) is 1. The summed E-state index contributed by atoms with van der Waals surface area (Å²) in [7, 11) is 0. The molecule has 1 aromatic rings. The predicted molar refractivity (Wildman–Crippen MR) is 123 cm³/mol. The number of carboxylic acids is 1. The summed E-state index contributed by atoms with van der Waals surface area (Å²) in [5.41, 5.74) is 0.165. The summed E-state index contributed by atoms with van der Waals surface area (Å²) >= 11 is 2.78. The lowest BCUT2D eigenvalue weighted by atomic mass is 9.91. The van der Waals surface area contributed by atoms with Crippen LogP contribution < -0.4 is 0 Å². The van der Waals surface area contributed by atoms with Gasteiger partial charge in [0.05, 0.1) is 33.1 Å². The Morgan fingerprint density at radius 1 is 1.39 bits per heavy atom. The number of carbonyl (C=O) groups excluding carboxylic acids is 2. The third kappa shape index (κ3) is 4.79. The summed E-state index contributed by atoms with van der Waals surface area (Å²) in [6, 6.07) is 5.66. The van der Waals surface area contributed by atoms with E-state index in [4.69, 9.17) is 0 Å². The molecule has 4 rings (SSSR count). The van der Waals surface area contributed by atoms with Crippen molar-refractivity contribution in [3.05, 3.63) is 49.9 Å². The minimum absolute atomic E-state index is 0.00737. The maximum atomic E-state index is 12.6. The lowest BCUT2D eigenvalue weighted by Gasteiger charge is -2.42. The van der Waals surface area contributed by atoms with Gasteiger partial charge >= 0.3 is 5.97 Å². The summed E-state index contributed by atoms with van der Waals surface area (Å²) in [6.45, 7) is 2.95. The van der Waals surface area contributed by atoms with E-state index < -0.39 is 22.9 Å². The van der Waals surface area contributed by atoms with E-state index in [-0.39, 0.29) is 45.8 Å². The molecule has 0 radical (unpaired) electrons. The monoisotopic (exact) mass is 493 g/mol. The van der Waals surface area contributed by atoms with Crippen molar-refractivity contribution >= 4 is 46.9 Å². The van der Waals surface area contributed by atoms with Crippen LogP contribution in [0.4, 0.5) is 5.69 Å². The minimum Gasteiger partial charge on any atom is -0.477 e. The van der Waals surface area contributed by atoms with Crippen molar-refractivity contribution in [1.29, 1.82) is 0 Å². The lowest BCUT2D eigenvalue weighted by Crippen LogP contribution is -2.57. The van der Waals surface area contributed by atoms with Gasteiger partial charge in [-0.1, -0.05) is 23.9 Å². The van der Waals surface area contributed by atoms with E-state index in [0.717, 1.165) is 6.42 Å². The fourth-order valence-corrected chi connectivity index (χ4v) is 7.55. The van der Waals surface area contributed by atoms with E-state index in [1.807, 2.05) is 4.90 Å². The van der Waals surface area contributed by atoms with Crippen LogP contribution in [-0.4, -0.2) is 79.0 Å². The standard InChI is InChI=1S/C21H23N3O7S2/c1-11(25)7-15-18(27)23-17(20(28)29)21(33-19(15)23)32-14-5-6-22(9-14)10-16(26)12-3-2-4-13(8-12)24(30)31/h2-4,8,11,14-15,19,25H,5-7,9-10H2,1H3,(H,28,29)/t11?,14?,15-,19-/m1/s1. The van der Waals surface area contributed by atoms with E-state index in [1.165, 1.54) is 46.6 Å². The number of hydrogen-bond acceptors (Lipinski definition) is 9. The molecule has 3 aliphatic rings. The third-order valence-corrected chi connectivity index (χ3v) is 8.75. The minimum atomic E-state index is -1.15. The van der Waals surface area contributed by atoms with Crippen LogP contribution in [0.25, 0.3) is 0 Å². The zero-order valence-electron chi connectivity index (χ0n) is 17.7. The summed E-state index contributed by atoms with van der Waals surface area (Å²) in [6.07, 6.45) is 0.410. The fourth-order valence-electron chi connectivity index (χ4n) is 4.29. The molecule has 0 bridgehead atoms. The Morgan fingerprint density at radius 3 is 2.82 bits per heavy atom. The summed E-state index contributed by atoms with van der Waals surface area (Å²) in [5.74, 6) is -2.01. The number of non-ortho nitro benzene ring substituents is 1. The number of fused-ring (bicyclic) bond motifs is 1. The second-order valence-electron chi connectivity index (χ2n) is 8.34. The van der Waals surface area contributed by atoms with Crippen LogP contribution in [0.5, 0.6) is 0 Å². The van der Waals surface area contributed by atoms with E-state index in [2.05, 4.69) is 0 Å². The number of Topliss-reactive ketones (excluding diaryl/α,β-unsaturated/α-hetero) is 1. The molecule has 12 heteroatoms. The smallest absolute Gasteiger partial charge is 0.354 e. The molecule has 2 N–H and O–H groups in total. The zero-order chi connectivity index (χ0) is 23.9. The number of β-lactam (4-membered cyclic amide) rings is 1. The number of amides is 1. The van der Waals surface area contributed by atoms with E-state index in [1.54, 1.807) is 13.0 Å². The summed E-state index contributed by atoms with van der Waals surface area (Å²) < 4.78 is 0.589. The largest absolute Gasteiger partial charge is 0.477 e. The Morgan fingerprint density at radius 2 is 2.15 bits per heavy atom. The molecule has 1 amide bonds. The number of nitro groups is 1. The second-order valence-corrected chi connectivity index (χ2v) is 11.0. The Bertz CT molecular complexity index is 1040. The van der Waals surface area contributed by atoms with Gasteiger partial charge in [-0.3, -0.25) is 29.5 Å². The van der Waals surface area contributed by atoms with Gasteiger partial charge in [0, 0.05) is 29.5 Å². The van der Waals surface area contributed by atoms with Gasteiger partial charge in [-0.2, -0.15) is 0 Å². The molecule has 0 saturated carbocycles. The Balaban J connectivity index is 1.38. The van der Waals surface area contributed by atoms with Crippen LogP contribution in [0.1, 0.15) is 30.1 Å². The van der Waals surface area contributed by atoms with Crippen LogP contribution in [0, 0.1) is 16.0 Å². The van der Waals surface area contributed by atoms with E-state index >= 15 is 0 Å². The highest BCUT2D eigenvalue weighted by atomic mass is 32.2. The summed E-state index contributed by atoms with van der Waals surface area (Å²) in [4.78, 5) is 50.6. The van der Waals surface area contributed by atoms with Crippen LogP contribution in [0.2, 0.25) is 0 Å². The summed E-state index contributed by atoms with van der Waals surface area (Å²) in [5, 5.41) is 30.0. The molecule has 0 aromatic heterocycles. The average Bonchev–Trinajstić information content (AvgIpc) is 3.34. The first-order valence-electron chi connectivity index (χ1n) is 10.5. The van der Waals surface area contributed by atoms with E-state index in [0.29, 0.717) is 23.7 Å². The maximum Gasteiger partial charge on any atom is 0.354 e. The van der Waals surface area contributed by atoms with Crippen LogP contribution >= 0.6 is 23.5 Å². The SMILES string of the molecule is CC(O)C[C@@H]1C(=O)N2C(C(=O)O)=C(SC3CCN(CC(=O)c4cccc([N+](=O)[O-])c4)C3)S[C@H]12. The number of likely N-dealkylation sites (tertiary alicyclic amines) is 1. The van der Waals surface area contributed by atoms with Gasteiger partial charge in [0.1, 0.15) is 0 Å². The Kier molecular flexibility index (Phi) is 6.80. The number of aliphatic hydroxyl groups is 1. The van der Waals surface area contributed by atoms with Gasteiger partial charge in [0.25, 0.3) is 5.69 Å². The van der Waals surface area contributed by atoms with Crippen molar-refractivity contribution in [3.8, 4) is 0 Å². The first-order chi connectivity index (χ1) is 15.7. The zero-order valence-corrected chi connectivity index (χ0v) is 19.4. The first-order valence-corrected chi connectivity index (χ1v) is 12.2. The normalized spacial score (nSPS) is 25.7. The number of nitrogens with zero attached hydrogens (tertiary/aromatic N) is 3. The van der Waals surface area contributed by atoms with Crippen LogP contribution in [0.15, 0.2) is 34.2 Å². The van der Waals surface area contributed by atoms with Gasteiger partial charge in [-0.05, 0) is 26.3 Å². The molecular formula is C21H23N3O7S2. The molecule has 176 valence electrons. The Hall–Kier alpha value is -2.41. The van der Waals surface area contributed by atoms with Gasteiger partial charge < -0.3 is 10.2 Å². The van der Waals surface area contributed by atoms with Crippen molar-refractivity contribution < 1.29 is 29.5 Å². The van der Waals surface area contributed by atoms with Gasteiger partial charge in [-0.15, -0.1) is 11.8 Å². The number of carbonyl (C=O) groups is 3. The van der Waals surface area contributed by atoms with Gasteiger partial charge in [0.15, 0.2) is 11.5 Å². The van der Waals surface area contributed by atoms with Crippen molar-refractivity contribution in [2.24, 2.45) is 5.92 Å². The van der Waals surface area contributed by atoms with E-state index in [9.17, 15) is 34.7 Å². The molecule has 2 unspecified atom stereocenters. The van der Waals surface area contributed by atoms with Gasteiger partial charge in [0.2, 0.25) is 5.91 Å². The highest BCUT2D eigenvalue weighted by molar-refractivity contribution is 8.23. The highest BCUT2D eigenvalue weighted by Gasteiger charge is 2.56. The molecule has 10 nitrogen and oxygen atoms in total. The number of hydrogen-bond donors (Lipinski definition) is 2. The molecule has 3 heterocycles. The number of aliphatic hydroxyl groups excluding tert-OH is 1. The molecule has 0 spiro atoms. The number of rotatable bonds is 9. The van der Waals surface area contributed by atoms with Crippen molar-refractivity contribution in [2.75, 3.05) is 19.6 Å². The number of nitro benzene ring substituents is 1. The number of aliphatic carboxylic acids is 1. The molecule has 2 saturated heterocycles. The molecule has 0 aliphatic carbocycles. The molecule has 4 atom stereocenters. The quantitative estimate of drug-likeness (QED) is 0.227. The van der Waals surface area contributed by atoms with Crippen LogP contribution in [-0.2, 0) is 9.59 Å². The van der Waals surface area contributed by atoms with Crippen molar-refractivity contribution in [1.82, 2.24) is 9.80 Å². The molecule has 3 aliphatic heterocycles. The predicted octanol–water partition coefficient (Wildman–Crippen LogP) is 2.14. The fraction of sp³-hybridized carbons (Fsp3) is 0.476. The van der Waals surface area contributed by atoms with Crippen LogP contribution in [0.3, 0.4) is 0 Å². The number of benzene rings is 1. The van der Waals surface area contributed by atoms with Crippen molar-refractivity contribution in [3.63, 3.8) is 0 Å². The lowest BCUT2D eigenvalue weighted by molar-refractivity contribution is -0.384. The molecule has 1 aromatic carbocycles.